The fourth-order valence-electron chi connectivity index (χ4n) is 3.03. The molecule has 0 aliphatic heterocycles. The summed E-state index contributed by atoms with van der Waals surface area (Å²) in [6.07, 6.45) is 9.47. The van der Waals surface area contributed by atoms with Gasteiger partial charge in [-0.15, -0.1) is 0 Å². The molecule has 0 spiro atoms. The van der Waals surface area contributed by atoms with Crippen LogP contribution in [0.1, 0.15) is 43.8 Å². The Bertz CT molecular complexity index is 663. The minimum absolute atomic E-state index is 0.0967. The summed E-state index contributed by atoms with van der Waals surface area (Å²) >= 11 is 3.29. The number of hydrogen-bond donors (Lipinski definition) is 0. The van der Waals surface area contributed by atoms with Crippen LogP contribution in [0.2, 0.25) is 0 Å². The summed E-state index contributed by atoms with van der Waals surface area (Å²) in [4.78, 5) is 15.4. The van der Waals surface area contributed by atoms with E-state index >= 15 is 0 Å². The first-order chi connectivity index (χ1) is 10.2. The average Bonchev–Trinajstić information content (AvgIpc) is 2.97. The quantitative estimate of drug-likeness (QED) is 0.601. The highest BCUT2D eigenvalue weighted by Crippen LogP contribution is 2.35. The van der Waals surface area contributed by atoms with Crippen LogP contribution in [0, 0.1) is 10.1 Å². The summed E-state index contributed by atoms with van der Waals surface area (Å²) < 4.78 is 2.58. The predicted molar refractivity (Wildman–Crippen MR) is 83.7 cm³/mol. The van der Waals surface area contributed by atoms with Crippen molar-refractivity contribution in [3.63, 3.8) is 0 Å². The van der Waals surface area contributed by atoms with Crippen molar-refractivity contribution in [3.05, 3.63) is 51.0 Å². The summed E-state index contributed by atoms with van der Waals surface area (Å²) in [7, 11) is 0. The molecule has 0 bridgehead atoms. The van der Waals surface area contributed by atoms with Crippen molar-refractivity contribution in [2.24, 2.45) is 0 Å². The van der Waals surface area contributed by atoms with E-state index in [1.54, 1.807) is 18.3 Å². The second kappa shape index (κ2) is 5.97. The van der Waals surface area contributed by atoms with Gasteiger partial charge in [-0.2, -0.15) is 0 Å². The highest BCUT2D eigenvalue weighted by molar-refractivity contribution is 9.10. The number of halogens is 1. The number of nitrogens with zero attached hydrogens (tertiary/aromatic N) is 3. The maximum Gasteiger partial charge on any atom is 0.294 e. The van der Waals surface area contributed by atoms with Crippen LogP contribution in [-0.4, -0.2) is 14.5 Å². The SMILES string of the molecule is O=[N+]([O-])c1cc(Br)ccc1-n1ccnc1C1CCCCC1. The highest BCUT2D eigenvalue weighted by atomic mass is 79.9. The van der Waals surface area contributed by atoms with E-state index in [1.807, 2.05) is 16.8 Å². The van der Waals surface area contributed by atoms with Crippen LogP contribution in [-0.2, 0) is 0 Å². The lowest BCUT2D eigenvalue weighted by Gasteiger charge is -2.22. The molecule has 0 N–H and O–H groups in total. The highest BCUT2D eigenvalue weighted by Gasteiger charge is 2.23. The molecule has 0 saturated heterocycles. The fraction of sp³-hybridized carbons (Fsp3) is 0.400. The van der Waals surface area contributed by atoms with Crippen LogP contribution >= 0.6 is 15.9 Å². The summed E-state index contributed by atoms with van der Waals surface area (Å²) in [6.45, 7) is 0. The van der Waals surface area contributed by atoms with E-state index in [4.69, 9.17) is 0 Å². The Morgan fingerprint density at radius 2 is 2.05 bits per heavy atom. The van der Waals surface area contributed by atoms with Crippen LogP contribution in [0.25, 0.3) is 5.69 Å². The van der Waals surface area contributed by atoms with Gasteiger partial charge in [0.2, 0.25) is 0 Å². The average molecular weight is 350 g/mol. The lowest BCUT2D eigenvalue weighted by molar-refractivity contribution is -0.384. The van der Waals surface area contributed by atoms with E-state index in [0.717, 1.165) is 18.7 Å². The maximum absolute atomic E-state index is 11.3. The first kappa shape index (κ1) is 14.3. The van der Waals surface area contributed by atoms with E-state index < -0.39 is 0 Å². The number of rotatable bonds is 3. The van der Waals surface area contributed by atoms with E-state index in [9.17, 15) is 10.1 Å². The van der Waals surface area contributed by atoms with Crippen molar-refractivity contribution in [1.82, 2.24) is 9.55 Å². The molecule has 1 aliphatic rings. The molecule has 1 heterocycles. The molecule has 6 heteroatoms. The van der Waals surface area contributed by atoms with Gasteiger partial charge in [0, 0.05) is 28.9 Å². The third-order valence-electron chi connectivity index (χ3n) is 4.03. The van der Waals surface area contributed by atoms with E-state index in [-0.39, 0.29) is 10.6 Å². The van der Waals surface area contributed by atoms with E-state index in [1.165, 1.54) is 19.3 Å². The molecule has 0 amide bonds. The zero-order valence-corrected chi connectivity index (χ0v) is 13.1. The van der Waals surface area contributed by atoms with Crippen molar-refractivity contribution in [2.45, 2.75) is 38.0 Å². The number of aromatic nitrogens is 2. The van der Waals surface area contributed by atoms with E-state index in [2.05, 4.69) is 20.9 Å². The molecule has 1 saturated carbocycles. The Hall–Kier alpha value is -1.69. The molecule has 0 radical (unpaired) electrons. The lowest BCUT2D eigenvalue weighted by atomic mass is 9.88. The van der Waals surface area contributed by atoms with Crippen LogP contribution in [0.15, 0.2) is 35.1 Å². The lowest BCUT2D eigenvalue weighted by Crippen LogP contribution is -2.12. The van der Waals surface area contributed by atoms with Crippen LogP contribution in [0.4, 0.5) is 5.69 Å². The normalized spacial score (nSPS) is 16.0. The van der Waals surface area contributed by atoms with Crippen molar-refractivity contribution in [1.29, 1.82) is 0 Å². The minimum atomic E-state index is -0.343. The molecule has 110 valence electrons. The van der Waals surface area contributed by atoms with Crippen molar-refractivity contribution >= 4 is 21.6 Å². The zero-order chi connectivity index (χ0) is 14.8. The van der Waals surface area contributed by atoms with Gasteiger partial charge < -0.3 is 0 Å². The molecule has 3 rings (SSSR count). The van der Waals surface area contributed by atoms with Crippen LogP contribution in [0.5, 0.6) is 0 Å². The standard InChI is InChI=1S/C15H16BrN3O2/c16-12-6-7-13(14(10-12)19(20)21)18-9-8-17-15(18)11-4-2-1-3-5-11/h6-11H,1-5H2. The molecule has 1 aromatic heterocycles. The van der Waals surface area contributed by atoms with Crippen LogP contribution < -0.4 is 0 Å². The number of hydrogen-bond acceptors (Lipinski definition) is 3. The maximum atomic E-state index is 11.3. The summed E-state index contributed by atoms with van der Waals surface area (Å²) in [6, 6.07) is 5.14. The Morgan fingerprint density at radius 1 is 1.29 bits per heavy atom. The first-order valence-electron chi connectivity index (χ1n) is 7.14. The third kappa shape index (κ3) is 2.85. The number of nitro benzene ring substituents is 1. The topological polar surface area (TPSA) is 61.0 Å². The molecule has 0 unspecified atom stereocenters. The fourth-order valence-corrected chi connectivity index (χ4v) is 3.38. The van der Waals surface area contributed by atoms with Crippen molar-refractivity contribution in [2.75, 3.05) is 0 Å². The van der Waals surface area contributed by atoms with Gasteiger partial charge in [-0.3, -0.25) is 14.7 Å². The molecule has 21 heavy (non-hydrogen) atoms. The summed E-state index contributed by atoms with van der Waals surface area (Å²) in [5.41, 5.74) is 0.681. The molecule has 1 aromatic carbocycles. The summed E-state index contributed by atoms with van der Waals surface area (Å²) in [5, 5.41) is 11.3. The first-order valence-corrected chi connectivity index (χ1v) is 7.93. The second-order valence-electron chi connectivity index (χ2n) is 5.38. The number of benzene rings is 1. The van der Waals surface area contributed by atoms with Gasteiger partial charge in [0.1, 0.15) is 11.5 Å². The molecule has 0 atom stereocenters. The van der Waals surface area contributed by atoms with E-state index in [0.29, 0.717) is 16.1 Å². The summed E-state index contributed by atoms with van der Waals surface area (Å²) in [5.74, 6) is 1.34. The van der Waals surface area contributed by atoms with Gasteiger partial charge in [-0.05, 0) is 25.0 Å². The van der Waals surface area contributed by atoms with Gasteiger partial charge in [0.25, 0.3) is 5.69 Å². The molecular weight excluding hydrogens is 334 g/mol. The van der Waals surface area contributed by atoms with Gasteiger partial charge in [-0.25, -0.2) is 4.98 Å². The molecule has 1 aliphatic carbocycles. The second-order valence-corrected chi connectivity index (χ2v) is 6.30. The van der Waals surface area contributed by atoms with Crippen LogP contribution in [0.3, 0.4) is 0 Å². The number of imidazole rings is 1. The predicted octanol–water partition coefficient (Wildman–Crippen LogP) is 4.59. The van der Waals surface area contributed by atoms with Crippen molar-refractivity contribution in [3.8, 4) is 5.69 Å². The Kier molecular flexibility index (Phi) is 4.05. The Morgan fingerprint density at radius 3 is 2.76 bits per heavy atom. The Labute approximate surface area is 131 Å². The van der Waals surface area contributed by atoms with Crippen molar-refractivity contribution < 1.29 is 4.92 Å². The van der Waals surface area contributed by atoms with Gasteiger partial charge >= 0.3 is 0 Å². The minimum Gasteiger partial charge on any atom is -0.297 e. The molecule has 1 fully saturated rings. The largest absolute Gasteiger partial charge is 0.297 e. The van der Waals surface area contributed by atoms with Gasteiger partial charge in [-0.1, -0.05) is 35.2 Å². The smallest absolute Gasteiger partial charge is 0.294 e. The monoisotopic (exact) mass is 349 g/mol. The molecule has 5 nitrogen and oxygen atoms in total. The molecule has 2 aromatic rings. The Balaban J connectivity index is 2.05. The van der Waals surface area contributed by atoms with Gasteiger partial charge in [0.15, 0.2) is 0 Å². The zero-order valence-electron chi connectivity index (χ0n) is 11.5. The number of nitro groups is 1. The third-order valence-corrected chi connectivity index (χ3v) is 4.53. The van der Waals surface area contributed by atoms with Gasteiger partial charge in [0.05, 0.1) is 4.92 Å². The molecular formula is C15H16BrN3O2.